The molecule has 0 aliphatic rings. The number of halogens is 2. The van der Waals surface area contributed by atoms with E-state index in [-0.39, 0.29) is 29.8 Å². The Kier molecular flexibility index (Phi) is 9.10. The average Bonchev–Trinajstić information content (AvgIpc) is 3.17. The van der Waals surface area contributed by atoms with Crippen LogP contribution >= 0.6 is 24.0 Å². The number of benzene rings is 2. The zero-order valence-electron chi connectivity index (χ0n) is 17.6. The molecule has 0 atom stereocenters. The van der Waals surface area contributed by atoms with Gasteiger partial charge in [-0.05, 0) is 47.9 Å². The maximum absolute atomic E-state index is 13.3. The van der Waals surface area contributed by atoms with Gasteiger partial charge in [0.25, 0.3) is 0 Å². The van der Waals surface area contributed by atoms with E-state index in [0.717, 1.165) is 28.5 Å². The number of aromatic nitrogens is 1. The molecule has 0 spiro atoms. The van der Waals surface area contributed by atoms with Crippen LogP contribution in [0.25, 0.3) is 10.9 Å². The first-order valence-corrected chi connectivity index (χ1v) is 9.51. The van der Waals surface area contributed by atoms with Crippen molar-refractivity contribution < 1.29 is 18.7 Å². The molecular weight excluding hydrogens is 514 g/mol. The molecule has 9 heteroatoms. The van der Waals surface area contributed by atoms with E-state index in [4.69, 9.17) is 9.47 Å². The molecule has 0 aliphatic carbocycles. The molecule has 3 N–H and O–H groups in total. The molecule has 166 valence electrons. The van der Waals surface area contributed by atoms with E-state index >= 15 is 0 Å². The Morgan fingerprint density at radius 1 is 1.16 bits per heavy atom. The summed E-state index contributed by atoms with van der Waals surface area (Å²) in [5.41, 5.74) is 3.15. The molecule has 1 heterocycles. The fourth-order valence-electron chi connectivity index (χ4n) is 3.22. The topological polar surface area (TPSA) is 87.7 Å². The van der Waals surface area contributed by atoms with Crippen molar-refractivity contribution in [1.29, 1.82) is 0 Å². The van der Waals surface area contributed by atoms with Gasteiger partial charge < -0.3 is 25.1 Å². The zero-order valence-corrected chi connectivity index (χ0v) is 20.0. The second-order valence-corrected chi connectivity index (χ2v) is 6.63. The number of aromatic amines is 1. The molecule has 3 rings (SSSR count). The Bertz CT molecular complexity index is 1070. The lowest BCUT2D eigenvalue weighted by atomic mass is 10.1. The number of guanidine groups is 1. The van der Waals surface area contributed by atoms with Crippen LogP contribution in [0.1, 0.15) is 21.5 Å². The van der Waals surface area contributed by atoms with Crippen LogP contribution in [-0.4, -0.2) is 44.7 Å². The van der Waals surface area contributed by atoms with Crippen LogP contribution in [-0.2, 0) is 17.7 Å². The van der Waals surface area contributed by atoms with Gasteiger partial charge >= 0.3 is 5.97 Å². The number of hydrogen-bond acceptors (Lipinski definition) is 4. The Balaban J connectivity index is 0.00000341. The molecule has 0 saturated carbocycles. The molecule has 7 nitrogen and oxygen atoms in total. The van der Waals surface area contributed by atoms with E-state index < -0.39 is 5.97 Å². The fourth-order valence-corrected chi connectivity index (χ4v) is 3.22. The van der Waals surface area contributed by atoms with E-state index in [0.29, 0.717) is 30.4 Å². The third-order valence-electron chi connectivity index (χ3n) is 4.77. The Labute approximate surface area is 197 Å². The number of aliphatic imine (C=N–C) groups is 1. The predicted molar refractivity (Wildman–Crippen MR) is 130 cm³/mol. The summed E-state index contributed by atoms with van der Waals surface area (Å²) in [7, 11) is 4.54. The average molecular weight is 540 g/mol. The summed E-state index contributed by atoms with van der Waals surface area (Å²) in [6, 6.07) is 10.1. The quantitative estimate of drug-likeness (QED) is 0.185. The second-order valence-electron chi connectivity index (χ2n) is 6.63. The van der Waals surface area contributed by atoms with Crippen molar-refractivity contribution in [2.75, 3.05) is 27.8 Å². The Morgan fingerprint density at radius 2 is 1.97 bits per heavy atom. The van der Waals surface area contributed by atoms with Crippen molar-refractivity contribution in [3.05, 3.63) is 65.1 Å². The number of rotatable bonds is 7. The van der Waals surface area contributed by atoms with Gasteiger partial charge in [-0.15, -0.1) is 24.0 Å². The number of methoxy groups -OCH3 is 2. The minimum atomic E-state index is -0.449. The smallest absolute Gasteiger partial charge is 0.341 e. The zero-order chi connectivity index (χ0) is 21.5. The second kappa shape index (κ2) is 11.5. The van der Waals surface area contributed by atoms with E-state index in [9.17, 15) is 9.18 Å². The number of carbonyl (C=O) groups excluding carboxylic acids is 1. The number of hydrogen-bond donors (Lipinski definition) is 3. The number of nitrogens with zero attached hydrogens (tertiary/aromatic N) is 1. The van der Waals surface area contributed by atoms with Gasteiger partial charge in [-0.1, -0.05) is 6.07 Å². The van der Waals surface area contributed by atoms with Crippen molar-refractivity contribution in [2.45, 2.75) is 13.0 Å². The number of carbonyl (C=O) groups is 1. The third-order valence-corrected chi connectivity index (χ3v) is 4.77. The van der Waals surface area contributed by atoms with Crippen LogP contribution in [0, 0.1) is 5.82 Å². The van der Waals surface area contributed by atoms with E-state index in [1.807, 2.05) is 12.3 Å². The van der Waals surface area contributed by atoms with Gasteiger partial charge in [0.15, 0.2) is 5.96 Å². The third kappa shape index (κ3) is 6.09. The first-order valence-electron chi connectivity index (χ1n) is 9.51. The highest BCUT2D eigenvalue weighted by Gasteiger charge is 2.13. The Hall–Kier alpha value is -2.82. The first-order chi connectivity index (χ1) is 14.5. The molecule has 31 heavy (non-hydrogen) atoms. The van der Waals surface area contributed by atoms with Crippen molar-refractivity contribution in [3.63, 3.8) is 0 Å². The molecule has 0 fully saturated rings. The molecular formula is C22H26FIN4O3. The maximum atomic E-state index is 13.3. The van der Waals surface area contributed by atoms with Crippen LogP contribution in [0.3, 0.4) is 0 Å². The summed E-state index contributed by atoms with van der Waals surface area (Å²) in [5.74, 6) is 0.394. The van der Waals surface area contributed by atoms with Gasteiger partial charge in [0.05, 0.1) is 14.2 Å². The van der Waals surface area contributed by atoms with Crippen LogP contribution in [0.5, 0.6) is 5.75 Å². The molecule has 3 aromatic rings. The lowest BCUT2D eigenvalue weighted by Gasteiger charge is -2.13. The SMILES string of the molecule is CN=C(NCCc1c[nH]c2cc(F)ccc12)NCc1ccc(OC)c(C(=O)OC)c1.I. The highest BCUT2D eigenvalue weighted by molar-refractivity contribution is 14.0. The highest BCUT2D eigenvalue weighted by Crippen LogP contribution is 2.21. The lowest BCUT2D eigenvalue weighted by molar-refractivity contribution is 0.0597. The van der Waals surface area contributed by atoms with Crippen LogP contribution < -0.4 is 15.4 Å². The van der Waals surface area contributed by atoms with Crippen LogP contribution in [0.4, 0.5) is 4.39 Å². The number of fused-ring (bicyclic) bond motifs is 1. The minimum absolute atomic E-state index is 0. The summed E-state index contributed by atoms with van der Waals surface area (Å²) in [6.45, 7) is 1.13. The number of H-pyrrole nitrogens is 1. The van der Waals surface area contributed by atoms with Gasteiger partial charge in [-0.2, -0.15) is 0 Å². The summed E-state index contributed by atoms with van der Waals surface area (Å²) < 4.78 is 23.3. The summed E-state index contributed by atoms with van der Waals surface area (Å²) in [6.07, 6.45) is 2.65. The van der Waals surface area contributed by atoms with Gasteiger partial charge in [-0.25, -0.2) is 9.18 Å². The number of ether oxygens (including phenoxy) is 2. The van der Waals surface area contributed by atoms with Gasteiger partial charge in [0, 0.05) is 37.2 Å². The fraction of sp³-hybridized carbons (Fsp3) is 0.273. The largest absolute Gasteiger partial charge is 0.496 e. The summed E-state index contributed by atoms with van der Waals surface area (Å²) >= 11 is 0. The standard InChI is InChI=1S/C22H25FN4O3.HI/c1-24-22(25-9-8-15-13-26-19-11-16(23)5-6-17(15)19)27-12-14-4-7-20(29-2)18(10-14)21(28)30-3;/h4-7,10-11,13,26H,8-9,12H2,1-3H3,(H2,24,25,27);1H. The Morgan fingerprint density at radius 3 is 2.68 bits per heavy atom. The van der Waals surface area contributed by atoms with Crippen molar-refractivity contribution >= 4 is 46.8 Å². The molecule has 0 unspecified atom stereocenters. The minimum Gasteiger partial charge on any atom is -0.496 e. The van der Waals surface area contributed by atoms with Crippen molar-refractivity contribution in [3.8, 4) is 5.75 Å². The number of nitrogens with one attached hydrogen (secondary N) is 3. The molecule has 1 aromatic heterocycles. The van der Waals surface area contributed by atoms with Crippen LogP contribution in [0.15, 0.2) is 47.6 Å². The maximum Gasteiger partial charge on any atom is 0.341 e. The van der Waals surface area contributed by atoms with Crippen molar-refractivity contribution in [1.82, 2.24) is 15.6 Å². The molecule has 0 bridgehead atoms. The van der Waals surface area contributed by atoms with E-state index in [1.54, 1.807) is 25.2 Å². The molecule has 0 aliphatic heterocycles. The molecule has 0 amide bonds. The van der Waals surface area contributed by atoms with Crippen molar-refractivity contribution in [2.24, 2.45) is 4.99 Å². The lowest BCUT2D eigenvalue weighted by Crippen LogP contribution is -2.37. The highest BCUT2D eigenvalue weighted by atomic mass is 127. The monoisotopic (exact) mass is 540 g/mol. The van der Waals surface area contributed by atoms with E-state index in [1.165, 1.54) is 26.4 Å². The molecule has 0 saturated heterocycles. The summed E-state index contributed by atoms with van der Waals surface area (Å²) in [5, 5.41) is 7.49. The molecule has 2 aromatic carbocycles. The van der Waals surface area contributed by atoms with Gasteiger partial charge in [0.2, 0.25) is 0 Å². The van der Waals surface area contributed by atoms with Gasteiger partial charge in [0.1, 0.15) is 17.1 Å². The number of esters is 1. The molecule has 0 radical (unpaired) electrons. The summed E-state index contributed by atoms with van der Waals surface area (Å²) in [4.78, 5) is 19.2. The van der Waals surface area contributed by atoms with Gasteiger partial charge in [-0.3, -0.25) is 4.99 Å². The normalized spacial score (nSPS) is 11.0. The predicted octanol–water partition coefficient (Wildman–Crippen LogP) is 3.63. The first kappa shape index (κ1) is 24.4. The van der Waals surface area contributed by atoms with E-state index in [2.05, 4.69) is 20.6 Å². The van der Waals surface area contributed by atoms with Crippen LogP contribution in [0.2, 0.25) is 0 Å².